The largest absolute Gasteiger partial charge is 0.382 e. The lowest BCUT2D eigenvalue weighted by Gasteiger charge is -2.15. The van der Waals surface area contributed by atoms with Gasteiger partial charge >= 0.3 is 0 Å². The summed E-state index contributed by atoms with van der Waals surface area (Å²) in [4.78, 5) is 11.9. The molecular formula is C10H11FN5O2P. The SMILES string of the molecule is Nc1ncnc2c1ncn2[C@@H]1O[C@H](OCP)C=C1F. The molecule has 3 rings (SSSR count). The van der Waals surface area contributed by atoms with E-state index in [4.69, 9.17) is 15.2 Å². The van der Waals surface area contributed by atoms with Crippen LogP contribution in [0.15, 0.2) is 24.6 Å². The van der Waals surface area contributed by atoms with Crippen LogP contribution in [0.3, 0.4) is 0 Å². The summed E-state index contributed by atoms with van der Waals surface area (Å²) >= 11 is 0. The third-order valence-electron chi connectivity index (χ3n) is 2.69. The minimum Gasteiger partial charge on any atom is -0.382 e. The summed E-state index contributed by atoms with van der Waals surface area (Å²) in [7, 11) is 2.38. The van der Waals surface area contributed by atoms with Crippen LogP contribution in [0.5, 0.6) is 0 Å². The van der Waals surface area contributed by atoms with Crippen LogP contribution in [0.2, 0.25) is 0 Å². The molecule has 3 atom stereocenters. The zero-order valence-corrected chi connectivity index (χ0v) is 10.9. The van der Waals surface area contributed by atoms with Gasteiger partial charge in [0.05, 0.1) is 12.7 Å². The smallest absolute Gasteiger partial charge is 0.192 e. The van der Waals surface area contributed by atoms with Gasteiger partial charge in [-0.2, -0.15) is 0 Å². The van der Waals surface area contributed by atoms with Gasteiger partial charge in [-0.3, -0.25) is 4.57 Å². The molecule has 0 aliphatic carbocycles. The van der Waals surface area contributed by atoms with Gasteiger partial charge in [-0.05, 0) is 0 Å². The van der Waals surface area contributed by atoms with E-state index in [2.05, 4.69) is 24.2 Å². The Bertz CT molecular complexity index is 646. The minimum atomic E-state index is -0.944. The number of nitrogen functional groups attached to an aromatic ring is 1. The second kappa shape index (κ2) is 4.80. The fourth-order valence-corrected chi connectivity index (χ4v) is 2.06. The molecule has 3 heterocycles. The summed E-state index contributed by atoms with van der Waals surface area (Å²) in [5, 5.41) is 0. The molecule has 2 aromatic rings. The predicted molar refractivity (Wildman–Crippen MR) is 68.5 cm³/mol. The van der Waals surface area contributed by atoms with Crippen LogP contribution in [0.25, 0.3) is 11.2 Å². The van der Waals surface area contributed by atoms with Gasteiger partial charge in [-0.25, -0.2) is 19.3 Å². The van der Waals surface area contributed by atoms with Crippen LogP contribution in [-0.4, -0.2) is 32.2 Å². The van der Waals surface area contributed by atoms with Crippen LogP contribution in [0, 0.1) is 0 Å². The molecule has 2 aromatic heterocycles. The highest BCUT2D eigenvalue weighted by Gasteiger charge is 2.31. The second-order valence-electron chi connectivity index (χ2n) is 3.82. The molecule has 2 N–H and O–H groups in total. The molecule has 100 valence electrons. The Balaban J connectivity index is 1.98. The zero-order valence-electron chi connectivity index (χ0n) is 9.73. The standard InChI is InChI=1S/C10H11FN5O2P/c11-5-1-6(17-4-19)18-10(5)16-3-15-7-8(12)13-2-14-9(7)16/h1-3,6,10H,4,19H2,(H2,12,13,14)/t6-,10+/m0/s1. The molecule has 1 aliphatic heterocycles. The third kappa shape index (κ3) is 2.07. The van der Waals surface area contributed by atoms with Gasteiger partial charge in [-0.15, -0.1) is 9.24 Å². The summed E-state index contributed by atoms with van der Waals surface area (Å²) in [5.41, 5.74) is 6.50. The summed E-state index contributed by atoms with van der Waals surface area (Å²) in [5.74, 6) is -0.219. The Morgan fingerprint density at radius 2 is 2.32 bits per heavy atom. The van der Waals surface area contributed by atoms with Gasteiger partial charge in [0.2, 0.25) is 0 Å². The molecule has 0 aromatic carbocycles. The van der Waals surface area contributed by atoms with E-state index in [1.54, 1.807) is 0 Å². The number of fused-ring (bicyclic) bond motifs is 1. The summed E-state index contributed by atoms with van der Waals surface area (Å²) in [6, 6.07) is 0. The van der Waals surface area contributed by atoms with E-state index in [9.17, 15) is 4.39 Å². The first kappa shape index (κ1) is 12.4. The van der Waals surface area contributed by atoms with Crippen molar-refractivity contribution in [1.29, 1.82) is 0 Å². The van der Waals surface area contributed by atoms with Crippen LogP contribution in [0.1, 0.15) is 6.23 Å². The number of imidazole rings is 1. The van der Waals surface area contributed by atoms with Gasteiger partial charge in [0.1, 0.15) is 11.8 Å². The fourth-order valence-electron chi connectivity index (χ4n) is 1.87. The summed E-state index contributed by atoms with van der Waals surface area (Å²) < 4.78 is 25.9. The van der Waals surface area contributed by atoms with Crippen LogP contribution in [-0.2, 0) is 9.47 Å². The molecule has 0 saturated heterocycles. The van der Waals surface area contributed by atoms with Crippen molar-refractivity contribution in [3.05, 3.63) is 24.6 Å². The van der Waals surface area contributed by atoms with Crippen LogP contribution in [0.4, 0.5) is 10.2 Å². The quantitative estimate of drug-likeness (QED) is 0.844. The van der Waals surface area contributed by atoms with Crippen molar-refractivity contribution >= 4 is 26.2 Å². The van der Waals surface area contributed by atoms with E-state index in [0.29, 0.717) is 17.5 Å². The first-order valence-corrected chi connectivity index (χ1v) is 6.29. The van der Waals surface area contributed by atoms with E-state index in [1.807, 2.05) is 0 Å². The Labute approximate surface area is 109 Å². The van der Waals surface area contributed by atoms with Crippen molar-refractivity contribution in [3.8, 4) is 0 Å². The number of halogens is 1. The van der Waals surface area contributed by atoms with Gasteiger partial charge < -0.3 is 15.2 Å². The molecule has 1 aliphatic rings. The topological polar surface area (TPSA) is 88.1 Å². The number of hydrogen-bond donors (Lipinski definition) is 1. The predicted octanol–water partition coefficient (Wildman–Crippen LogP) is 0.966. The van der Waals surface area contributed by atoms with Crippen molar-refractivity contribution in [2.45, 2.75) is 12.5 Å². The minimum absolute atomic E-state index is 0.240. The number of nitrogens with zero attached hydrogens (tertiary/aromatic N) is 4. The Hall–Kier alpha value is -1.63. The van der Waals surface area contributed by atoms with E-state index in [1.165, 1.54) is 23.3 Å². The van der Waals surface area contributed by atoms with Crippen molar-refractivity contribution in [1.82, 2.24) is 19.5 Å². The lowest BCUT2D eigenvalue weighted by Crippen LogP contribution is -2.15. The molecule has 0 fully saturated rings. The first-order chi connectivity index (χ1) is 9.20. The molecule has 9 heteroatoms. The Kier molecular flexibility index (Phi) is 3.14. The first-order valence-electron chi connectivity index (χ1n) is 5.48. The van der Waals surface area contributed by atoms with Crippen molar-refractivity contribution in [2.24, 2.45) is 0 Å². The number of ether oxygens (including phenoxy) is 2. The number of rotatable bonds is 3. The van der Waals surface area contributed by atoms with E-state index >= 15 is 0 Å². The van der Waals surface area contributed by atoms with E-state index in [0.717, 1.165) is 0 Å². The second-order valence-corrected chi connectivity index (χ2v) is 4.16. The number of nitrogens with two attached hydrogens (primary N) is 1. The molecule has 0 radical (unpaired) electrons. The van der Waals surface area contributed by atoms with Gasteiger partial charge in [0, 0.05) is 6.08 Å². The van der Waals surface area contributed by atoms with Gasteiger partial charge in [0.15, 0.2) is 29.8 Å². The molecule has 7 nitrogen and oxygen atoms in total. The zero-order chi connectivity index (χ0) is 13.4. The van der Waals surface area contributed by atoms with Crippen molar-refractivity contribution < 1.29 is 13.9 Å². The van der Waals surface area contributed by atoms with E-state index < -0.39 is 18.3 Å². The molecular weight excluding hydrogens is 272 g/mol. The Morgan fingerprint density at radius 3 is 3.11 bits per heavy atom. The van der Waals surface area contributed by atoms with E-state index in [-0.39, 0.29) is 5.82 Å². The average Bonchev–Trinajstić information content (AvgIpc) is 2.94. The maximum Gasteiger partial charge on any atom is 0.192 e. The molecule has 1 unspecified atom stereocenters. The molecule has 19 heavy (non-hydrogen) atoms. The average molecular weight is 283 g/mol. The lowest BCUT2D eigenvalue weighted by atomic mass is 10.4. The van der Waals surface area contributed by atoms with Gasteiger partial charge in [-0.1, -0.05) is 0 Å². The third-order valence-corrected chi connectivity index (χ3v) is 2.89. The maximum atomic E-state index is 13.9. The Morgan fingerprint density at radius 1 is 1.47 bits per heavy atom. The molecule has 0 spiro atoms. The normalized spacial score (nSPS) is 22.9. The highest BCUT2D eigenvalue weighted by Crippen LogP contribution is 2.32. The highest BCUT2D eigenvalue weighted by molar-refractivity contribution is 7.16. The highest BCUT2D eigenvalue weighted by atomic mass is 31.0. The van der Waals surface area contributed by atoms with Crippen LogP contribution < -0.4 is 5.73 Å². The van der Waals surface area contributed by atoms with Crippen LogP contribution >= 0.6 is 9.24 Å². The monoisotopic (exact) mass is 283 g/mol. The number of anilines is 1. The van der Waals surface area contributed by atoms with Crippen molar-refractivity contribution in [2.75, 3.05) is 12.1 Å². The summed E-state index contributed by atoms with van der Waals surface area (Å²) in [6.45, 7) is 0. The summed E-state index contributed by atoms with van der Waals surface area (Å²) in [6.07, 6.45) is 2.66. The molecule has 0 amide bonds. The fraction of sp³-hybridized carbons (Fsp3) is 0.300. The maximum absolute atomic E-state index is 13.9. The molecule has 0 bridgehead atoms. The van der Waals surface area contributed by atoms with Crippen molar-refractivity contribution in [3.63, 3.8) is 0 Å². The molecule has 0 saturated carbocycles. The lowest BCUT2D eigenvalue weighted by molar-refractivity contribution is -0.126. The van der Waals surface area contributed by atoms with Gasteiger partial charge in [0.25, 0.3) is 0 Å². The number of hydrogen-bond acceptors (Lipinski definition) is 6. The number of aromatic nitrogens is 4.